The fourth-order valence-corrected chi connectivity index (χ4v) is 2.53. The van der Waals surface area contributed by atoms with Crippen LogP contribution in [-0.2, 0) is 4.79 Å². The van der Waals surface area contributed by atoms with Gasteiger partial charge in [0.05, 0.1) is 6.10 Å². The first-order valence-corrected chi connectivity index (χ1v) is 6.72. The normalized spacial score (nSPS) is 20.9. The van der Waals surface area contributed by atoms with Crippen molar-refractivity contribution in [2.45, 2.75) is 63.5 Å². The zero-order chi connectivity index (χ0) is 12.7. The Balaban J connectivity index is 2.32. The van der Waals surface area contributed by atoms with E-state index in [0.717, 1.165) is 12.8 Å². The maximum Gasteiger partial charge on any atom is 0.221 e. The quantitative estimate of drug-likeness (QED) is 0.655. The van der Waals surface area contributed by atoms with E-state index in [2.05, 4.69) is 10.6 Å². The van der Waals surface area contributed by atoms with Gasteiger partial charge in [0.1, 0.15) is 0 Å². The second-order valence-electron chi connectivity index (χ2n) is 5.26. The highest BCUT2D eigenvalue weighted by Crippen LogP contribution is 2.30. The van der Waals surface area contributed by atoms with E-state index in [-0.39, 0.29) is 17.6 Å². The van der Waals surface area contributed by atoms with E-state index in [0.29, 0.717) is 19.4 Å². The number of carbonyl (C=O) groups excluding carboxylic acids is 1. The Morgan fingerprint density at radius 1 is 1.35 bits per heavy atom. The van der Waals surface area contributed by atoms with Gasteiger partial charge < -0.3 is 15.7 Å². The van der Waals surface area contributed by atoms with Crippen LogP contribution in [0.5, 0.6) is 0 Å². The molecule has 1 aliphatic carbocycles. The van der Waals surface area contributed by atoms with Crippen LogP contribution in [0, 0.1) is 0 Å². The summed E-state index contributed by atoms with van der Waals surface area (Å²) in [6, 6.07) is 0. The third-order valence-electron chi connectivity index (χ3n) is 3.72. The van der Waals surface area contributed by atoms with Gasteiger partial charge in [0, 0.05) is 18.5 Å². The predicted molar refractivity (Wildman–Crippen MR) is 68.8 cm³/mol. The molecule has 4 nitrogen and oxygen atoms in total. The Morgan fingerprint density at radius 2 is 2.00 bits per heavy atom. The van der Waals surface area contributed by atoms with E-state index in [1.54, 1.807) is 6.92 Å². The highest BCUT2D eigenvalue weighted by atomic mass is 16.3. The molecule has 0 bridgehead atoms. The van der Waals surface area contributed by atoms with Crippen LogP contribution in [0.2, 0.25) is 0 Å². The van der Waals surface area contributed by atoms with Gasteiger partial charge in [-0.15, -0.1) is 0 Å². The molecule has 17 heavy (non-hydrogen) atoms. The molecule has 0 aromatic heterocycles. The van der Waals surface area contributed by atoms with E-state index >= 15 is 0 Å². The zero-order valence-corrected chi connectivity index (χ0v) is 11.1. The van der Waals surface area contributed by atoms with Gasteiger partial charge in [-0.1, -0.05) is 19.3 Å². The van der Waals surface area contributed by atoms with Crippen LogP contribution in [-0.4, -0.2) is 36.2 Å². The summed E-state index contributed by atoms with van der Waals surface area (Å²) >= 11 is 0. The van der Waals surface area contributed by atoms with Crippen molar-refractivity contribution in [3.05, 3.63) is 0 Å². The molecule has 0 spiro atoms. The second-order valence-corrected chi connectivity index (χ2v) is 5.26. The minimum atomic E-state index is -0.344. The molecule has 1 atom stereocenters. The van der Waals surface area contributed by atoms with Gasteiger partial charge in [0.2, 0.25) is 5.91 Å². The summed E-state index contributed by atoms with van der Waals surface area (Å²) < 4.78 is 0. The molecule has 1 unspecified atom stereocenters. The highest BCUT2D eigenvalue weighted by Gasteiger charge is 2.32. The monoisotopic (exact) mass is 242 g/mol. The van der Waals surface area contributed by atoms with Crippen molar-refractivity contribution in [1.82, 2.24) is 10.6 Å². The minimum absolute atomic E-state index is 0.00711. The Bertz CT molecular complexity index is 236. The zero-order valence-electron chi connectivity index (χ0n) is 11.1. The number of hydrogen-bond donors (Lipinski definition) is 3. The van der Waals surface area contributed by atoms with Crippen LogP contribution < -0.4 is 10.6 Å². The number of hydrogen-bond acceptors (Lipinski definition) is 3. The largest absolute Gasteiger partial charge is 0.393 e. The second kappa shape index (κ2) is 6.97. The Morgan fingerprint density at radius 3 is 2.53 bits per heavy atom. The molecule has 1 aliphatic rings. The number of amides is 1. The van der Waals surface area contributed by atoms with Crippen molar-refractivity contribution in [2.75, 3.05) is 13.6 Å². The molecule has 0 aromatic rings. The fraction of sp³-hybridized carbons (Fsp3) is 0.923. The number of aliphatic hydroxyl groups excluding tert-OH is 1. The smallest absolute Gasteiger partial charge is 0.221 e. The molecule has 100 valence electrons. The Labute approximate surface area is 104 Å². The van der Waals surface area contributed by atoms with Crippen molar-refractivity contribution in [2.24, 2.45) is 0 Å². The summed E-state index contributed by atoms with van der Waals surface area (Å²) in [7, 11) is 1.95. The molecule has 0 aliphatic heterocycles. The predicted octanol–water partition coefficient (Wildman–Crippen LogP) is 1.19. The fourth-order valence-electron chi connectivity index (χ4n) is 2.53. The van der Waals surface area contributed by atoms with Gasteiger partial charge in [-0.3, -0.25) is 4.79 Å². The first-order valence-electron chi connectivity index (χ1n) is 6.72. The number of carbonyl (C=O) groups is 1. The van der Waals surface area contributed by atoms with Crippen molar-refractivity contribution < 1.29 is 9.90 Å². The molecular formula is C13H26N2O2. The third kappa shape index (κ3) is 5.04. The molecule has 1 fully saturated rings. The van der Waals surface area contributed by atoms with Crippen molar-refractivity contribution in [3.8, 4) is 0 Å². The average molecular weight is 242 g/mol. The lowest BCUT2D eigenvalue weighted by Crippen LogP contribution is -2.48. The standard InChI is InChI=1S/C13H26N2O2/c1-11(16)6-9-15-12(17)10-13(14-2)7-4-3-5-8-13/h11,14,16H,3-10H2,1-2H3,(H,15,17). The van der Waals surface area contributed by atoms with Crippen LogP contribution in [0.4, 0.5) is 0 Å². The number of nitrogens with one attached hydrogen (secondary N) is 2. The molecule has 1 rings (SSSR count). The summed E-state index contributed by atoms with van der Waals surface area (Å²) in [5, 5.41) is 15.3. The van der Waals surface area contributed by atoms with Crippen LogP contribution in [0.15, 0.2) is 0 Å². The highest BCUT2D eigenvalue weighted by molar-refractivity contribution is 5.77. The number of rotatable bonds is 6. The molecule has 1 amide bonds. The van der Waals surface area contributed by atoms with Gasteiger partial charge >= 0.3 is 0 Å². The van der Waals surface area contributed by atoms with Crippen molar-refractivity contribution in [3.63, 3.8) is 0 Å². The number of aliphatic hydroxyl groups is 1. The molecule has 1 saturated carbocycles. The maximum atomic E-state index is 11.8. The molecule has 0 aromatic carbocycles. The van der Waals surface area contributed by atoms with Crippen molar-refractivity contribution in [1.29, 1.82) is 0 Å². The van der Waals surface area contributed by atoms with E-state index < -0.39 is 0 Å². The molecule has 4 heteroatoms. The lowest BCUT2D eigenvalue weighted by molar-refractivity contribution is -0.122. The van der Waals surface area contributed by atoms with E-state index in [1.807, 2.05) is 7.05 Å². The third-order valence-corrected chi connectivity index (χ3v) is 3.72. The van der Waals surface area contributed by atoms with Gasteiger partial charge in [-0.25, -0.2) is 0 Å². The lowest BCUT2D eigenvalue weighted by atomic mass is 9.79. The summed E-state index contributed by atoms with van der Waals surface area (Å²) in [6.45, 7) is 2.30. The van der Waals surface area contributed by atoms with E-state index in [4.69, 9.17) is 5.11 Å². The van der Waals surface area contributed by atoms with E-state index in [1.165, 1.54) is 19.3 Å². The Kier molecular flexibility index (Phi) is 5.92. The van der Waals surface area contributed by atoms with Crippen molar-refractivity contribution >= 4 is 5.91 Å². The van der Waals surface area contributed by atoms with Crippen LogP contribution >= 0.6 is 0 Å². The molecular weight excluding hydrogens is 216 g/mol. The average Bonchev–Trinajstić information content (AvgIpc) is 2.29. The summed E-state index contributed by atoms with van der Waals surface area (Å²) in [4.78, 5) is 11.8. The van der Waals surface area contributed by atoms with Gasteiger partial charge in [0.15, 0.2) is 0 Å². The van der Waals surface area contributed by atoms with E-state index in [9.17, 15) is 4.79 Å². The first-order chi connectivity index (χ1) is 8.08. The molecule has 3 N–H and O–H groups in total. The summed E-state index contributed by atoms with van der Waals surface area (Å²) in [6.07, 6.45) is 6.72. The van der Waals surface area contributed by atoms with Crippen LogP contribution in [0.1, 0.15) is 51.9 Å². The van der Waals surface area contributed by atoms with Gasteiger partial charge in [-0.05, 0) is 33.2 Å². The SMILES string of the molecule is CNC1(CC(=O)NCCC(C)O)CCCCC1. The lowest BCUT2D eigenvalue weighted by Gasteiger charge is -2.36. The van der Waals surface area contributed by atoms with Crippen LogP contribution in [0.3, 0.4) is 0 Å². The van der Waals surface area contributed by atoms with Gasteiger partial charge in [-0.2, -0.15) is 0 Å². The summed E-state index contributed by atoms with van der Waals surface area (Å²) in [5.74, 6) is 0.0990. The Hall–Kier alpha value is -0.610. The first kappa shape index (κ1) is 14.5. The van der Waals surface area contributed by atoms with Crippen LogP contribution in [0.25, 0.3) is 0 Å². The molecule has 0 heterocycles. The topological polar surface area (TPSA) is 61.4 Å². The minimum Gasteiger partial charge on any atom is -0.393 e. The maximum absolute atomic E-state index is 11.8. The van der Waals surface area contributed by atoms with Gasteiger partial charge in [0.25, 0.3) is 0 Å². The molecule has 0 radical (unpaired) electrons. The molecule has 0 saturated heterocycles. The summed E-state index contributed by atoms with van der Waals surface area (Å²) in [5.41, 5.74) is 0.00711.